The molecule has 0 radical (unpaired) electrons. The van der Waals surface area contributed by atoms with Crippen LogP contribution in [0.2, 0.25) is 5.02 Å². The molecule has 38 heavy (non-hydrogen) atoms. The van der Waals surface area contributed by atoms with Crippen molar-refractivity contribution in [3.8, 4) is 28.5 Å². The normalized spacial score (nSPS) is 13.6. The fourth-order valence-corrected chi connectivity index (χ4v) is 5.83. The zero-order valence-corrected chi connectivity index (χ0v) is 23.1. The molecule has 5 rings (SSSR count). The van der Waals surface area contributed by atoms with Crippen LogP contribution < -0.4 is 4.74 Å². The standard InChI is InChI=1S/C29H30ClN5O2S/c1-37-25-12-11-21(19-24(25)30)28-32-27(20-13-15-31-16-14-20)33-35(28)18-17-34(22-7-3-4-8-22)29(36)23-9-5-6-10-26(23)38-2/h5-6,9-16,19,22H,3-4,7-8,17-18H2,1-2H3. The maximum Gasteiger partial charge on any atom is 0.255 e. The lowest BCUT2D eigenvalue weighted by Gasteiger charge is -2.30. The molecule has 0 saturated heterocycles. The Balaban J connectivity index is 1.49. The number of pyridine rings is 1. The van der Waals surface area contributed by atoms with Crippen LogP contribution in [0.15, 0.2) is 71.9 Å². The van der Waals surface area contributed by atoms with Crippen LogP contribution in [0.3, 0.4) is 0 Å². The number of hydrogen-bond donors (Lipinski definition) is 0. The Labute approximate surface area is 232 Å². The van der Waals surface area contributed by atoms with Gasteiger partial charge in [-0.3, -0.25) is 9.78 Å². The minimum Gasteiger partial charge on any atom is -0.495 e. The first-order valence-corrected chi connectivity index (χ1v) is 14.3. The Morgan fingerprint density at radius 2 is 1.87 bits per heavy atom. The van der Waals surface area contributed by atoms with Gasteiger partial charge in [0.25, 0.3) is 5.91 Å². The summed E-state index contributed by atoms with van der Waals surface area (Å²) in [5.74, 6) is 1.96. The van der Waals surface area contributed by atoms with E-state index in [1.54, 1.807) is 31.3 Å². The number of thioether (sulfide) groups is 1. The van der Waals surface area contributed by atoms with Crippen LogP contribution in [0.4, 0.5) is 0 Å². The Hall–Kier alpha value is -3.36. The number of ether oxygens (including phenoxy) is 1. The lowest BCUT2D eigenvalue weighted by atomic mass is 10.1. The van der Waals surface area contributed by atoms with Gasteiger partial charge in [-0.2, -0.15) is 5.10 Å². The molecule has 1 saturated carbocycles. The van der Waals surface area contributed by atoms with Gasteiger partial charge < -0.3 is 9.64 Å². The molecule has 1 aliphatic carbocycles. The SMILES string of the molecule is COc1ccc(-c2nc(-c3ccncc3)nn2CCN(C(=O)c2ccccc2SC)C2CCCC2)cc1Cl. The highest BCUT2D eigenvalue weighted by molar-refractivity contribution is 7.98. The van der Waals surface area contributed by atoms with Crippen LogP contribution in [0.5, 0.6) is 5.75 Å². The van der Waals surface area contributed by atoms with Crippen LogP contribution in [0.1, 0.15) is 36.0 Å². The molecule has 2 aromatic carbocycles. The summed E-state index contributed by atoms with van der Waals surface area (Å²) in [6, 6.07) is 17.4. The van der Waals surface area contributed by atoms with Crippen molar-refractivity contribution in [2.24, 2.45) is 0 Å². The Bertz CT molecular complexity index is 1410. The molecule has 9 heteroatoms. The zero-order chi connectivity index (χ0) is 26.5. The molecule has 1 amide bonds. The second-order valence-corrected chi connectivity index (χ2v) is 10.5. The molecule has 1 fully saturated rings. The average molecular weight is 548 g/mol. The fourth-order valence-electron chi connectivity index (χ4n) is 4.98. The first kappa shape index (κ1) is 26.3. The van der Waals surface area contributed by atoms with Gasteiger partial charge in [-0.15, -0.1) is 11.8 Å². The molecule has 0 spiro atoms. The maximum atomic E-state index is 13.9. The van der Waals surface area contributed by atoms with Gasteiger partial charge in [0, 0.05) is 41.0 Å². The number of aromatic nitrogens is 4. The van der Waals surface area contributed by atoms with Gasteiger partial charge in [0.2, 0.25) is 0 Å². The number of carbonyl (C=O) groups excluding carboxylic acids is 1. The van der Waals surface area contributed by atoms with Gasteiger partial charge in [-0.05, 0) is 61.6 Å². The molecule has 0 unspecified atom stereocenters. The van der Waals surface area contributed by atoms with Crippen LogP contribution in [-0.4, -0.2) is 56.5 Å². The van der Waals surface area contributed by atoms with Crippen LogP contribution in [-0.2, 0) is 6.54 Å². The van der Waals surface area contributed by atoms with Crippen molar-refractivity contribution in [1.29, 1.82) is 0 Å². The lowest BCUT2D eigenvalue weighted by molar-refractivity contribution is 0.0668. The predicted octanol–water partition coefficient (Wildman–Crippen LogP) is 6.48. The van der Waals surface area contributed by atoms with Gasteiger partial charge in [0.1, 0.15) is 5.75 Å². The van der Waals surface area contributed by atoms with E-state index in [0.29, 0.717) is 35.5 Å². The summed E-state index contributed by atoms with van der Waals surface area (Å²) >= 11 is 8.06. The first-order valence-electron chi connectivity index (χ1n) is 12.7. The molecule has 196 valence electrons. The number of amides is 1. The van der Waals surface area contributed by atoms with E-state index < -0.39 is 0 Å². The number of benzene rings is 2. The highest BCUT2D eigenvalue weighted by atomic mass is 35.5. The van der Waals surface area contributed by atoms with Gasteiger partial charge in [0.05, 0.1) is 24.2 Å². The number of carbonyl (C=O) groups is 1. The second kappa shape index (κ2) is 12.0. The molecule has 0 N–H and O–H groups in total. The van der Waals surface area contributed by atoms with Crippen molar-refractivity contribution in [2.75, 3.05) is 19.9 Å². The van der Waals surface area contributed by atoms with Crippen LogP contribution in [0, 0.1) is 0 Å². The topological polar surface area (TPSA) is 73.1 Å². The molecule has 0 aliphatic heterocycles. The number of halogens is 1. The Morgan fingerprint density at radius 3 is 2.58 bits per heavy atom. The van der Waals surface area contributed by atoms with Gasteiger partial charge in [-0.1, -0.05) is 36.6 Å². The van der Waals surface area contributed by atoms with Crippen LogP contribution >= 0.6 is 23.4 Å². The Kier molecular flexibility index (Phi) is 8.29. The van der Waals surface area contributed by atoms with Crippen molar-refractivity contribution in [3.05, 3.63) is 77.6 Å². The maximum absolute atomic E-state index is 13.9. The highest BCUT2D eigenvalue weighted by Gasteiger charge is 2.29. The van der Waals surface area contributed by atoms with E-state index in [2.05, 4.69) is 4.98 Å². The molecule has 2 heterocycles. The predicted molar refractivity (Wildman–Crippen MR) is 152 cm³/mol. The first-order chi connectivity index (χ1) is 18.6. The van der Waals surface area contributed by atoms with Gasteiger partial charge in [-0.25, -0.2) is 9.67 Å². The number of hydrogen-bond acceptors (Lipinski definition) is 6. The van der Waals surface area contributed by atoms with Gasteiger partial charge >= 0.3 is 0 Å². The summed E-state index contributed by atoms with van der Waals surface area (Å²) in [4.78, 5) is 25.9. The molecule has 7 nitrogen and oxygen atoms in total. The molecule has 4 aromatic rings. The van der Waals surface area contributed by atoms with E-state index in [1.165, 1.54) is 0 Å². The van der Waals surface area contributed by atoms with E-state index in [4.69, 9.17) is 26.4 Å². The Morgan fingerprint density at radius 1 is 1.11 bits per heavy atom. The molecule has 0 atom stereocenters. The number of methoxy groups -OCH3 is 1. The van der Waals surface area contributed by atoms with E-state index in [0.717, 1.165) is 47.3 Å². The smallest absolute Gasteiger partial charge is 0.255 e. The quantitative estimate of drug-likeness (QED) is 0.223. The summed E-state index contributed by atoms with van der Waals surface area (Å²) in [5, 5.41) is 5.36. The highest BCUT2D eigenvalue weighted by Crippen LogP contribution is 2.32. The number of rotatable bonds is 9. The van der Waals surface area contributed by atoms with E-state index in [9.17, 15) is 4.79 Å². The molecule has 2 aromatic heterocycles. The third-order valence-corrected chi connectivity index (χ3v) is 8.03. The summed E-state index contributed by atoms with van der Waals surface area (Å²) in [6.45, 7) is 1.03. The third-order valence-electron chi connectivity index (χ3n) is 6.94. The van der Waals surface area contributed by atoms with Crippen molar-refractivity contribution >= 4 is 29.3 Å². The summed E-state index contributed by atoms with van der Waals surface area (Å²) in [5.41, 5.74) is 2.46. The van der Waals surface area contributed by atoms with Crippen molar-refractivity contribution in [1.82, 2.24) is 24.6 Å². The van der Waals surface area contributed by atoms with Crippen molar-refractivity contribution in [2.45, 2.75) is 43.2 Å². The number of nitrogens with zero attached hydrogens (tertiary/aromatic N) is 5. The lowest BCUT2D eigenvalue weighted by Crippen LogP contribution is -2.41. The van der Waals surface area contributed by atoms with Crippen LogP contribution in [0.25, 0.3) is 22.8 Å². The monoisotopic (exact) mass is 547 g/mol. The average Bonchev–Trinajstić information content (AvgIpc) is 3.64. The third kappa shape index (κ3) is 5.56. The molecular weight excluding hydrogens is 518 g/mol. The minimum absolute atomic E-state index is 0.0744. The molecule has 0 bridgehead atoms. The van der Waals surface area contributed by atoms with E-state index in [1.807, 2.05) is 70.4 Å². The molecular formula is C29H30ClN5O2S. The van der Waals surface area contributed by atoms with Crippen molar-refractivity contribution < 1.29 is 9.53 Å². The summed E-state index contributed by atoms with van der Waals surface area (Å²) in [6.07, 6.45) is 9.79. The minimum atomic E-state index is 0.0744. The van der Waals surface area contributed by atoms with Gasteiger partial charge in [0.15, 0.2) is 11.6 Å². The fraction of sp³-hybridized carbons (Fsp3) is 0.310. The summed E-state index contributed by atoms with van der Waals surface area (Å²) < 4.78 is 7.21. The molecule has 1 aliphatic rings. The van der Waals surface area contributed by atoms with Crippen molar-refractivity contribution in [3.63, 3.8) is 0 Å². The largest absolute Gasteiger partial charge is 0.495 e. The zero-order valence-electron chi connectivity index (χ0n) is 21.5. The summed E-state index contributed by atoms with van der Waals surface area (Å²) in [7, 11) is 1.59. The van der Waals surface area contributed by atoms with E-state index >= 15 is 0 Å². The second-order valence-electron chi connectivity index (χ2n) is 9.20. The van der Waals surface area contributed by atoms with E-state index in [-0.39, 0.29) is 11.9 Å².